The number of likely N-dealkylation sites (tertiary alicyclic amines) is 2. The second kappa shape index (κ2) is 8.29. The summed E-state index contributed by atoms with van der Waals surface area (Å²) < 4.78 is 13.7. The van der Waals surface area contributed by atoms with Crippen molar-refractivity contribution in [1.82, 2.24) is 19.4 Å². The van der Waals surface area contributed by atoms with E-state index in [2.05, 4.69) is 33.8 Å². The maximum atomic E-state index is 13.0. The highest BCUT2D eigenvalue weighted by Crippen LogP contribution is 2.32. The molecular weight excluding hydrogens is 380 g/mol. The van der Waals surface area contributed by atoms with Gasteiger partial charge in [0.05, 0.1) is 13.2 Å². The number of fused-ring (bicyclic) bond motifs is 1. The minimum Gasteiger partial charge on any atom is -0.347 e. The van der Waals surface area contributed by atoms with Gasteiger partial charge in [-0.05, 0) is 50.0 Å². The van der Waals surface area contributed by atoms with Crippen molar-refractivity contribution in [3.8, 4) is 0 Å². The molecule has 2 aromatic rings. The van der Waals surface area contributed by atoms with Gasteiger partial charge in [0, 0.05) is 63.2 Å². The van der Waals surface area contributed by atoms with Crippen LogP contribution in [0.2, 0.25) is 0 Å². The van der Waals surface area contributed by atoms with Gasteiger partial charge in [0.25, 0.3) is 0 Å². The smallest absolute Gasteiger partial charge is 0.225 e. The van der Waals surface area contributed by atoms with Gasteiger partial charge >= 0.3 is 0 Å². The fourth-order valence-corrected chi connectivity index (χ4v) is 5.29. The van der Waals surface area contributed by atoms with Crippen molar-refractivity contribution in [3.63, 3.8) is 0 Å². The molecule has 2 aromatic heterocycles. The Bertz CT molecular complexity index is 887. The van der Waals surface area contributed by atoms with Crippen LogP contribution < -0.4 is 0 Å². The number of pyridine rings is 1. The Labute approximate surface area is 177 Å². The Morgan fingerprint density at radius 1 is 1.17 bits per heavy atom. The third-order valence-corrected chi connectivity index (χ3v) is 7.10. The fraction of sp³-hybridized carbons (Fsp3) is 0.652. The summed E-state index contributed by atoms with van der Waals surface area (Å²) in [5.41, 5.74) is 2.41. The van der Waals surface area contributed by atoms with Crippen molar-refractivity contribution in [3.05, 3.63) is 30.1 Å². The first-order valence-electron chi connectivity index (χ1n) is 11.3. The standard InChI is InChI=1S/C23H32N4O3/c1-25-17-19(20-3-2-9-24-21(20)25)6-12-26-10-4-18(5-11-26)22(28)27-13-7-23(8-14-27)29-15-16-30-23/h2-3,9,17-18H,4-8,10-16H2,1H3. The number of piperidine rings is 2. The van der Waals surface area contributed by atoms with Crippen LogP contribution in [0.5, 0.6) is 0 Å². The molecule has 0 saturated carbocycles. The molecule has 30 heavy (non-hydrogen) atoms. The van der Waals surface area contributed by atoms with Gasteiger partial charge in [-0.2, -0.15) is 0 Å². The lowest BCUT2D eigenvalue weighted by Crippen LogP contribution is -2.50. The number of rotatable bonds is 4. The van der Waals surface area contributed by atoms with Crippen LogP contribution in [-0.2, 0) is 27.7 Å². The van der Waals surface area contributed by atoms with E-state index in [4.69, 9.17) is 9.47 Å². The van der Waals surface area contributed by atoms with Crippen molar-refractivity contribution < 1.29 is 14.3 Å². The van der Waals surface area contributed by atoms with E-state index in [1.54, 1.807) is 0 Å². The van der Waals surface area contributed by atoms with E-state index >= 15 is 0 Å². The summed E-state index contributed by atoms with van der Waals surface area (Å²) in [4.78, 5) is 22.0. The largest absolute Gasteiger partial charge is 0.347 e. The summed E-state index contributed by atoms with van der Waals surface area (Å²) >= 11 is 0. The quantitative estimate of drug-likeness (QED) is 0.771. The van der Waals surface area contributed by atoms with Crippen molar-refractivity contribution >= 4 is 16.9 Å². The molecular formula is C23H32N4O3. The van der Waals surface area contributed by atoms with Gasteiger partial charge in [-0.25, -0.2) is 4.98 Å². The molecule has 0 aliphatic carbocycles. The third-order valence-electron chi connectivity index (χ3n) is 7.10. The van der Waals surface area contributed by atoms with Gasteiger partial charge in [-0.3, -0.25) is 4.79 Å². The molecule has 0 N–H and O–H groups in total. The number of nitrogens with zero attached hydrogens (tertiary/aromatic N) is 4. The number of aromatic nitrogens is 2. The summed E-state index contributed by atoms with van der Waals surface area (Å²) in [7, 11) is 2.06. The highest BCUT2D eigenvalue weighted by atomic mass is 16.7. The predicted molar refractivity (Wildman–Crippen MR) is 114 cm³/mol. The lowest BCUT2D eigenvalue weighted by atomic mass is 9.93. The average molecular weight is 413 g/mol. The van der Waals surface area contributed by atoms with Gasteiger partial charge in [-0.1, -0.05) is 0 Å². The van der Waals surface area contributed by atoms with Crippen LogP contribution in [0.15, 0.2) is 24.5 Å². The maximum Gasteiger partial charge on any atom is 0.225 e. The Balaban J connectivity index is 1.10. The normalized spacial score (nSPS) is 22.9. The Kier molecular flexibility index (Phi) is 5.52. The molecule has 162 valence electrons. The molecule has 5 heterocycles. The minimum absolute atomic E-state index is 0.169. The van der Waals surface area contributed by atoms with Crippen LogP contribution in [-0.4, -0.2) is 77.0 Å². The Morgan fingerprint density at radius 3 is 2.63 bits per heavy atom. The second-order valence-corrected chi connectivity index (χ2v) is 8.94. The summed E-state index contributed by atoms with van der Waals surface area (Å²) in [6, 6.07) is 4.17. The first-order valence-corrected chi connectivity index (χ1v) is 11.3. The molecule has 0 radical (unpaired) electrons. The number of carbonyl (C=O) groups excluding carboxylic acids is 1. The van der Waals surface area contributed by atoms with Gasteiger partial charge in [-0.15, -0.1) is 0 Å². The molecule has 0 atom stereocenters. The summed E-state index contributed by atoms with van der Waals surface area (Å²) in [5, 5.41) is 1.25. The molecule has 3 saturated heterocycles. The Morgan fingerprint density at radius 2 is 1.90 bits per heavy atom. The molecule has 1 spiro atoms. The van der Waals surface area contributed by atoms with Crippen LogP contribution in [0.25, 0.3) is 11.0 Å². The Hall–Kier alpha value is -1.96. The summed E-state index contributed by atoms with van der Waals surface area (Å²) in [6.45, 7) is 5.92. The van der Waals surface area contributed by atoms with Crippen molar-refractivity contribution in [2.24, 2.45) is 13.0 Å². The zero-order valence-corrected chi connectivity index (χ0v) is 17.9. The molecule has 3 fully saturated rings. The number of hydrogen-bond donors (Lipinski definition) is 0. The monoisotopic (exact) mass is 412 g/mol. The van der Waals surface area contributed by atoms with Gasteiger partial charge in [0.2, 0.25) is 5.91 Å². The zero-order chi connectivity index (χ0) is 20.6. The van der Waals surface area contributed by atoms with E-state index in [1.165, 1.54) is 10.9 Å². The van der Waals surface area contributed by atoms with Crippen molar-refractivity contribution in [1.29, 1.82) is 0 Å². The predicted octanol–water partition coefficient (Wildman–Crippen LogP) is 2.19. The van der Waals surface area contributed by atoms with E-state index in [1.807, 2.05) is 17.2 Å². The number of amides is 1. The van der Waals surface area contributed by atoms with E-state index in [-0.39, 0.29) is 5.92 Å². The van der Waals surface area contributed by atoms with Crippen LogP contribution in [0, 0.1) is 5.92 Å². The molecule has 7 nitrogen and oxygen atoms in total. The van der Waals surface area contributed by atoms with E-state index in [0.717, 1.165) is 70.5 Å². The molecule has 0 unspecified atom stereocenters. The lowest BCUT2D eigenvalue weighted by Gasteiger charge is -2.40. The number of ether oxygens (including phenoxy) is 2. The molecule has 0 aromatic carbocycles. The highest BCUT2D eigenvalue weighted by molar-refractivity contribution is 5.80. The molecule has 7 heteroatoms. The molecule has 5 rings (SSSR count). The van der Waals surface area contributed by atoms with Crippen LogP contribution in [0.4, 0.5) is 0 Å². The second-order valence-electron chi connectivity index (χ2n) is 8.94. The maximum absolute atomic E-state index is 13.0. The van der Waals surface area contributed by atoms with E-state index < -0.39 is 5.79 Å². The average Bonchev–Trinajstić information content (AvgIpc) is 3.37. The number of aryl methyl sites for hydroxylation is 1. The van der Waals surface area contributed by atoms with Gasteiger partial charge in [0.15, 0.2) is 5.79 Å². The minimum atomic E-state index is -0.405. The fourth-order valence-electron chi connectivity index (χ4n) is 5.29. The lowest BCUT2D eigenvalue weighted by molar-refractivity contribution is -0.188. The third kappa shape index (κ3) is 3.86. The van der Waals surface area contributed by atoms with Crippen molar-refractivity contribution in [2.45, 2.75) is 37.9 Å². The van der Waals surface area contributed by atoms with Crippen molar-refractivity contribution in [2.75, 3.05) is 45.9 Å². The molecule has 3 aliphatic rings. The molecule has 3 aliphatic heterocycles. The van der Waals surface area contributed by atoms with Crippen LogP contribution in [0.3, 0.4) is 0 Å². The van der Waals surface area contributed by atoms with Gasteiger partial charge in [0.1, 0.15) is 5.65 Å². The summed E-state index contributed by atoms with van der Waals surface area (Å²) in [6.07, 6.45) is 8.61. The van der Waals surface area contributed by atoms with Crippen LogP contribution in [0.1, 0.15) is 31.2 Å². The zero-order valence-electron chi connectivity index (χ0n) is 17.9. The van der Waals surface area contributed by atoms with E-state index in [9.17, 15) is 4.79 Å². The topological polar surface area (TPSA) is 59.8 Å². The number of hydrogen-bond acceptors (Lipinski definition) is 5. The van der Waals surface area contributed by atoms with E-state index in [0.29, 0.717) is 19.1 Å². The molecule has 1 amide bonds. The van der Waals surface area contributed by atoms with Gasteiger partial charge < -0.3 is 23.8 Å². The number of carbonyl (C=O) groups is 1. The highest BCUT2D eigenvalue weighted by Gasteiger charge is 2.41. The molecule has 0 bridgehead atoms. The summed E-state index contributed by atoms with van der Waals surface area (Å²) in [5.74, 6) is 0.0992. The first kappa shape index (κ1) is 20.0. The SMILES string of the molecule is Cn1cc(CCN2CCC(C(=O)N3CCC4(CC3)OCCO4)CC2)c2cccnc21. The van der Waals surface area contributed by atoms with Crippen LogP contribution >= 0.6 is 0 Å². The first-order chi connectivity index (χ1) is 14.6.